The highest BCUT2D eigenvalue weighted by molar-refractivity contribution is 7.13. The van der Waals surface area contributed by atoms with E-state index in [4.69, 9.17) is 0 Å². The van der Waals surface area contributed by atoms with Gasteiger partial charge >= 0.3 is 0 Å². The van der Waals surface area contributed by atoms with Crippen molar-refractivity contribution < 1.29 is 9.59 Å². The highest BCUT2D eigenvalue weighted by atomic mass is 32.1. The summed E-state index contributed by atoms with van der Waals surface area (Å²) in [5.74, 6) is 1.28. The number of piperazine rings is 1. The molecule has 0 atom stereocenters. The second-order valence-electron chi connectivity index (χ2n) is 7.07. The zero-order valence-corrected chi connectivity index (χ0v) is 15.6. The minimum Gasteiger partial charge on any atom is -0.353 e. The molecule has 2 aromatic rings. The molecule has 1 aliphatic heterocycles. The van der Waals surface area contributed by atoms with E-state index in [1.165, 1.54) is 21.6 Å². The Morgan fingerprint density at radius 2 is 1.88 bits per heavy atom. The van der Waals surface area contributed by atoms with Crippen molar-refractivity contribution in [3.63, 3.8) is 0 Å². The number of aromatic nitrogens is 1. The number of rotatable bonds is 6. The molecular formula is C19H24N4O2S. The van der Waals surface area contributed by atoms with Crippen LogP contribution in [0.4, 0.5) is 5.82 Å². The second kappa shape index (κ2) is 7.61. The van der Waals surface area contributed by atoms with Crippen LogP contribution in [0.1, 0.15) is 32.1 Å². The third-order valence-electron chi connectivity index (χ3n) is 5.03. The molecule has 1 aromatic carbocycles. The molecule has 7 heteroatoms. The lowest BCUT2D eigenvalue weighted by Crippen LogP contribution is -2.49. The Kier molecular flexibility index (Phi) is 5.06. The van der Waals surface area contributed by atoms with Crippen LogP contribution in [0, 0.1) is 0 Å². The predicted molar refractivity (Wildman–Crippen MR) is 103 cm³/mol. The summed E-state index contributed by atoms with van der Waals surface area (Å²) in [5, 5.41) is 4.16. The summed E-state index contributed by atoms with van der Waals surface area (Å²) >= 11 is 1.53. The molecule has 1 saturated carbocycles. The smallest absolute Gasteiger partial charge is 0.222 e. The molecule has 26 heavy (non-hydrogen) atoms. The van der Waals surface area contributed by atoms with Crippen molar-refractivity contribution >= 4 is 39.3 Å². The Balaban J connectivity index is 1.24. The molecule has 4 rings (SSSR count). The second-order valence-corrected chi connectivity index (χ2v) is 7.87. The van der Waals surface area contributed by atoms with Gasteiger partial charge in [0.15, 0.2) is 0 Å². The maximum Gasteiger partial charge on any atom is 0.222 e. The molecule has 0 radical (unpaired) electrons. The summed E-state index contributed by atoms with van der Waals surface area (Å²) in [5.41, 5.74) is 0. The van der Waals surface area contributed by atoms with Crippen molar-refractivity contribution in [2.24, 2.45) is 0 Å². The summed E-state index contributed by atoms with van der Waals surface area (Å²) in [6.07, 6.45) is 3.74. The largest absolute Gasteiger partial charge is 0.353 e. The summed E-state index contributed by atoms with van der Waals surface area (Å²) in [4.78, 5) is 28.3. The van der Waals surface area contributed by atoms with Gasteiger partial charge in [-0.1, -0.05) is 12.1 Å². The SMILES string of the molecule is O=C(CCCC(=O)N1CCN(c2nsc3ccccc23)CC1)NC1CC1. The summed E-state index contributed by atoms with van der Waals surface area (Å²) in [6.45, 7) is 3.06. The minimum atomic E-state index is 0.0838. The number of hydrogen-bond donors (Lipinski definition) is 1. The Hall–Kier alpha value is -2.15. The molecule has 0 unspecified atom stereocenters. The summed E-state index contributed by atoms with van der Waals surface area (Å²) < 4.78 is 5.81. The molecule has 0 bridgehead atoms. The topological polar surface area (TPSA) is 65.5 Å². The molecule has 1 saturated heterocycles. The van der Waals surface area contributed by atoms with E-state index in [-0.39, 0.29) is 11.8 Å². The molecule has 1 aromatic heterocycles. The minimum absolute atomic E-state index is 0.0838. The van der Waals surface area contributed by atoms with Crippen LogP contribution >= 0.6 is 11.5 Å². The Bertz CT molecular complexity index is 794. The molecule has 2 aliphatic rings. The lowest BCUT2D eigenvalue weighted by atomic mass is 10.2. The number of nitrogens with zero attached hydrogens (tertiary/aromatic N) is 3. The number of nitrogens with one attached hydrogen (secondary N) is 1. The number of amides is 2. The Morgan fingerprint density at radius 3 is 2.65 bits per heavy atom. The molecular weight excluding hydrogens is 348 g/mol. The third kappa shape index (κ3) is 3.98. The fourth-order valence-corrected chi connectivity index (χ4v) is 4.15. The van der Waals surface area contributed by atoms with Crippen LogP contribution in [-0.4, -0.2) is 53.3 Å². The quantitative estimate of drug-likeness (QED) is 0.846. The van der Waals surface area contributed by atoms with Crippen molar-refractivity contribution in [3.8, 4) is 0 Å². The molecule has 1 aliphatic carbocycles. The van der Waals surface area contributed by atoms with E-state index in [1.54, 1.807) is 0 Å². The molecule has 2 heterocycles. The molecule has 2 fully saturated rings. The van der Waals surface area contributed by atoms with Gasteiger partial charge in [0.05, 0.1) is 4.70 Å². The van der Waals surface area contributed by atoms with E-state index in [9.17, 15) is 9.59 Å². The molecule has 6 nitrogen and oxygen atoms in total. The van der Waals surface area contributed by atoms with Crippen molar-refractivity contribution in [2.45, 2.75) is 38.1 Å². The van der Waals surface area contributed by atoms with E-state index in [2.05, 4.69) is 26.7 Å². The Morgan fingerprint density at radius 1 is 1.12 bits per heavy atom. The van der Waals surface area contributed by atoms with Crippen LogP contribution in [0.2, 0.25) is 0 Å². The van der Waals surface area contributed by atoms with Gasteiger partial charge in [-0.15, -0.1) is 0 Å². The number of hydrogen-bond acceptors (Lipinski definition) is 5. The highest BCUT2D eigenvalue weighted by Crippen LogP contribution is 2.29. The Labute approximate surface area is 157 Å². The maximum atomic E-state index is 12.4. The summed E-state index contributed by atoms with van der Waals surface area (Å²) in [7, 11) is 0. The van der Waals surface area contributed by atoms with E-state index >= 15 is 0 Å². The summed E-state index contributed by atoms with van der Waals surface area (Å²) in [6, 6.07) is 8.67. The number of carbonyl (C=O) groups is 2. The van der Waals surface area contributed by atoms with Crippen LogP contribution < -0.4 is 10.2 Å². The van der Waals surface area contributed by atoms with E-state index < -0.39 is 0 Å². The van der Waals surface area contributed by atoms with Gasteiger partial charge in [0.2, 0.25) is 11.8 Å². The molecule has 138 valence electrons. The van der Waals surface area contributed by atoms with E-state index in [1.807, 2.05) is 17.0 Å². The average molecular weight is 372 g/mol. The molecule has 2 amide bonds. The maximum absolute atomic E-state index is 12.4. The standard InChI is InChI=1S/C19H24N4O2S/c24-17(20-14-8-9-14)6-3-7-18(25)22-10-12-23(13-11-22)19-15-4-1-2-5-16(15)26-21-19/h1-2,4-5,14H,3,6-13H2,(H,20,24). The van der Waals surface area contributed by atoms with Crippen LogP contribution in [0.25, 0.3) is 10.1 Å². The number of carbonyl (C=O) groups excluding carboxylic acids is 2. The lowest BCUT2D eigenvalue weighted by molar-refractivity contribution is -0.131. The average Bonchev–Trinajstić information content (AvgIpc) is 3.37. The van der Waals surface area contributed by atoms with E-state index in [0.717, 1.165) is 44.8 Å². The van der Waals surface area contributed by atoms with Gasteiger partial charge in [0, 0.05) is 50.4 Å². The number of anilines is 1. The first-order valence-electron chi connectivity index (χ1n) is 9.37. The monoisotopic (exact) mass is 372 g/mol. The zero-order chi connectivity index (χ0) is 17.9. The fourth-order valence-electron chi connectivity index (χ4n) is 3.35. The third-order valence-corrected chi connectivity index (χ3v) is 5.84. The van der Waals surface area contributed by atoms with Gasteiger partial charge in [0.25, 0.3) is 0 Å². The van der Waals surface area contributed by atoms with Crippen molar-refractivity contribution in [1.82, 2.24) is 14.6 Å². The van der Waals surface area contributed by atoms with Gasteiger partial charge in [-0.2, -0.15) is 4.37 Å². The molecule has 1 N–H and O–H groups in total. The first kappa shape index (κ1) is 17.3. The highest BCUT2D eigenvalue weighted by Gasteiger charge is 2.25. The first-order valence-corrected chi connectivity index (χ1v) is 10.1. The van der Waals surface area contributed by atoms with Crippen LogP contribution in [-0.2, 0) is 9.59 Å². The normalized spacial score (nSPS) is 17.5. The van der Waals surface area contributed by atoms with Gasteiger partial charge in [-0.25, -0.2) is 0 Å². The predicted octanol–water partition coefficient (Wildman–Crippen LogP) is 2.39. The van der Waals surface area contributed by atoms with Crippen LogP contribution in [0.3, 0.4) is 0 Å². The van der Waals surface area contributed by atoms with Gasteiger partial charge < -0.3 is 15.1 Å². The van der Waals surface area contributed by atoms with Crippen molar-refractivity contribution in [2.75, 3.05) is 31.1 Å². The van der Waals surface area contributed by atoms with Crippen LogP contribution in [0.5, 0.6) is 0 Å². The van der Waals surface area contributed by atoms with E-state index in [0.29, 0.717) is 25.3 Å². The number of benzene rings is 1. The lowest BCUT2D eigenvalue weighted by Gasteiger charge is -2.35. The van der Waals surface area contributed by atoms with Crippen LogP contribution in [0.15, 0.2) is 24.3 Å². The van der Waals surface area contributed by atoms with Gasteiger partial charge in [0.1, 0.15) is 5.82 Å². The fraction of sp³-hybridized carbons (Fsp3) is 0.526. The van der Waals surface area contributed by atoms with Gasteiger partial charge in [-0.05, 0) is 42.9 Å². The molecule has 0 spiro atoms. The van der Waals surface area contributed by atoms with Gasteiger partial charge in [-0.3, -0.25) is 9.59 Å². The number of fused-ring (bicyclic) bond motifs is 1. The van der Waals surface area contributed by atoms with Crippen molar-refractivity contribution in [3.05, 3.63) is 24.3 Å². The van der Waals surface area contributed by atoms with Crippen molar-refractivity contribution in [1.29, 1.82) is 0 Å². The zero-order valence-electron chi connectivity index (χ0n) is 14.8. The first-order chi connectivity index (χ1) is 12.7.